The minimum Gasteiger partial charge on any atom is -0.357 e. The largest absolute Gasteiger partial charge is 0.357 e. The average Bonchev–Trinajstić information content (AvgIpc) is 2.98. The highest BCUT2D eigenvalue weighted by Crippen LogP contribution is 2.17. The summed E-state index contributed by atoms with van der Waals surface area (Å²) in [4.78, 5) is 12.6. The van der Waals surface area contributed by atoms with Crippen LogP contribution in [0.4, 0.5) is 0 Å². The van der Waals surface area contributed by atoms with Gasteiger partial charge in [0, 0.05) is 12.0 Å². The molecule has 1 aliphatic heterocycles. The van der Waals surface area contributed by atoms with E-state index in [2.05, 4.69) is 27.8 Å². The molecule has 0 spiro atoms. The van der Waals surface area contributed by atoms with Crippen LogP contribution in [0, 0.1) is 5.92 Å². The van der Waals surface area contributed by atoms with Gasteiger partial charge in [0.1, 0.15) is 6.73 Å². The van der Waals surface area contributed by atoms with Crippen LogP contribution in [0.2, 0.25) is 0 Å². The third-order valence-corrected chi connectivity index (χ3v) is 4.11. The van der Waals surface area contributed by atoms with Crippen molar-refractivity contribution in [2.45, 2.75) is 39.0 Å². The number of hydrogen-bond acceptors (Lipinski definition) is 4. The first-order valence-corrected chi connectivity index (χ1v) is 8.02. The number of carbonyl (C=O) groups is 1. The highest BCUT2D eigenvalue weighted by molar-refractivity contribution is 5.79. The SMILES string of the molecule is C[C@H]1COCn2nncc2CC[C@@H](Cc2ccccc2)C(=O)N1. The molecule has 0 saturated heterocycles. The van der Waals surface area contributed by atoms with Gasteiger partial charge in [0.2, 0.25) is 5.91 Å². The molecule has 0 aliphatic carbocycles. The number of hydrogen-bond donors (Lipinski definition) is 1. The molecule has 1 N–H and O–H groups in total. The Balaban J connectivity index is 1.77. The minimum absolute atomic E-state index is 0.0224. The number of rotatable bonds is 2. The monoisotopic (exact) mass is 314 g/mol. The third kappa shape index (κ3) is 4.16. The molecule has 6 heteroatoms. The van der Waals surface area contributed by atoms with Gasteiger partial charge in [-0.15, -0.1) is 5.10 Å². The topological polar surface area (TPSA) is 69.0 Å². The maximum atomic E-state index is 12.6. The van der Waals surface area contributed by atoms with E-state index in [-0.39, 0.29) is 17.9 Å². The minimum atomic E-state index is -0.0682. The first-order valence-electron chi connectivity index (χ1n) is 8.02. The quantitative estimate of drug-likeness (QED) is 0.913. The van der Waals surface area contributed by atoms with Gasteiger partial charge < -0.3 is 10.1 Å². The van der Waals surface area contributed by atoms with Crippen molar-refractivity contribution >= 4 is 5.91 Å². The lowest BCUT2D eigenvalue weighted by Gasteiger charge is -2.19. The number of ether oxygens (including phenoxy) is 1. The summed E-state index contributed by atoms with van der Waals surface area (Å²) < 4.78 is 7.38. The van der Waals surface area contributed by atoms with E-state index in [4.69, 9.17) is 4.74 Å². The molecule has 2 aromatic rings. The molecule has 1 aliphatic rings. The van der Waals surface area contributed by atoms with Crippen molar-refractivity contribution in [1.82, 2.24) is 20.3 Å². The number of aryl methyl sites for hydroxylation is 1. The lowest BCUT2D eigenvalue weighted by molar-refractivity contribution is -0.126. The van der Waals surface area contributed by atoms with Crippen LogP contribution in [0.5, 0.6) is 0 Å². The number of fused-ring (bicyclic) bond motifs is 1. The normalized spacial score (nSPS) is 22.7. The van der Waals surface area contributed by atoms with Crippen molar-refractivity contribution in [2.75, 3.05) is 6.61 Å². The van der Waals surface area contributed by atoms with Crippen LogP contribution in [0.3, 0.4) is 0 Å². The number of aromatic nitrogens is 3. The fourth-order valence-electron chi connectivity index (χ4n) is 2.85. The highest BCUT2D eigenvalue weighted by atomic mass is 16.5. The highest BCUT2D eigenvalue weighted by Gasteiger charge is 2.22. The van der Waals surface area contributed by atoms with Crippen LogP contribution in [0.25, 0.3) is 0 Å². The molecule has 0 unspecified atom stereocenters. The second-order valence-corrected chi connectivity index (χ2v) is 6.06. The average molecular weight is 314 g/mol. The Kier molecular flexibility index (Phi) is 5.02. The van der Waals surface area contributed by atoms with Gasteiger partial charge in [-0.25, -0.2) is 4.68 Å². The number of nitrogens with one attached hydrogen (secondary N) is 1. The summed E-state index contributed by atoms with van der Waals surface area (Å²) in [6, 6.07) is 10.1. The molecule has 0 saturated carbocycles. The van der Waals surface area contributed by atoms with Gasteiger partial charge >= 0.3 is 0 Å². The molecular formula is C17H22N4O2. The maximum Gasteiger partial charge on any atom is 0.223 e. The molecule has 1 aromatic carbocycles. The summed E-state index contributed by atoms with van der Waals surface area (Å²) in [7, 11) is 0. The summed E-state index contributed by atoms with van der Waals surface area (Å²) in [6.45, 7) is 2.79. The zero-order chi connectivity index (χ0) is 16.1. The van der Waals surface area contributed by atoms with Crippen LogP contribution in [-0.4, -0.2) is 33.5 Å². The molecule has 6 nitrogen and oxygen atoms in total. The molecule has 23 heavy (non-hydrogen) atoms. The second kappa shape index (κ2) is 7.37. The fourth-order valence-corrected chi connectivity index (χ4v) is 2.85. The van der Waals surface area contributed by atoms with Crippen LogP contribution in [0.1, 0.15) is 24.6 Å². The Morgan fingerprint density at radius 1 is 1.35 bits per heavy atom. The van der Waals surface area contributed by atoms with E-state index in [0.717, 1.165) is 25.0 Å². The van der Waals surface area contributed by atoms with E-state index in [9.17, 15) is 4.79 Å². The van der Waals surface area contributed by atoms with Gasteiger partial charge in [-0.1, -0.05) is 35.5 Å². The van der Waals surface area contributed by atoms with E-state index in [1.807, 2.05) is 25.1 Å². The molecule has 122 valence electrons. The molecule has 1 aromatic heterocycles. The molecule has 3 rings (SSSR count). The van der Waals surface area contributed by atoms with Crippen molar-refractivity contribution in [3.05, 3.63) is 47.8 Å². The van der Waals surface area contributed by atoms with Gasteiger partial charge in [0.05, 0.1) is 18.5 Å². The summed E-state index contributed by atoms with van der Waals surface area (Å²) in [5.41, 5.74) is 2.18. The van der Waals surface area contributed by atoms with Crippen LogP contribution >= 0.6 is 0 Å². The number of amides is 1. The van der Waals surface area contributed by atoms with Gasteiger partial charge in [0.15, 0.2) is 0 Å². The number of nitrogens with zero attached hydrogens (tertiary/aromatic N) is 3. The van der Waals surface area contributed by atoms with Crippen LogP contribution in [-0.2, 0) is 29.1 Å². The summed E-state index contributed by atoms with van der Waals surface area (Å²) in [6.07, 6.45) is 4.01. The van der Waals surface area contributed by atoms with Gasteiger partial charge in [-0.3, -0.25) is 4.79 Å². The molecule has 2 atom stereocenters. The molecule has 2 heterocycles. The van der Waals surface area contributed by atoms with Crippen molar-refractivity contribution in [3.8, 4) is 0 Å². The third-order valence-electron chi connectivity index (χ3n) is 4.11. The Bertz CT molecular complexity index is 641. The smallest absolute Gasteiger partial charge is 0.223 e. The van der Waals surface area contributed by atoms with Crippen molar-refractivity contribution in [1.29, 1.82) is 0 Å². The first kappa shape index (κ1) is 15.7. The van der Waals surface area contributed by atoms with E-state index < -0.39 is 0 Å². The maximum absolute atomic E-state index is 12.6. The van der Waals surface area contributed by atoms with Crippen molar-refractivity contribution in [3.63, 3.8) is 0 Å². The standard InChI is InChI=1S/C17H22N4O2/c1-13-11-23-12-21-16(10-18-20-21)8-7-15(17(22)19-13)9-14-5-3-2-4-6-14/h2-6,10,13,15H,7-9,11-12H2,1H3,(H,19,22)/t13-,15-/m0/s1. The van der Waals surface area contributed by atoms with Crippen LogP contribution in [0.15, 0.2) is 36.5 Å². The van der Waals surface area contributed by atoms with E-state index in [0.29, 0.717) is 13.3 Å². The predicted octanol–water partition coefficient (Wildman–Crippen LogP) is 1.56. The van der Waals surface area contributed by atoms with Gasteiger partial charge in [0.25, 0.3) is 0 Å². The lowest BCUT2D eigenvalue weighted by atomic mass is 9.93. The zero-order valence-electron chi connectivity index (χ0n) is 13.3. The Hall–Kier alpha value is -2.21. The van der Waals surface area contributed by atoms with Gasteiger partial charge in [-0.05, 0) is 31.7 Å². The fraction of sp³-hybridized carbons (Fsp3) is 0.471. The molecule has 0 radical (unpaired) electrons. The number of benzene rings is 1. The Labute approximate surface area is 135 Å². The van der Waals surface area contributed by atoms with Gasteiger partial charge in [-0.2, -0.15) is 0 Å². The van der Waals surface area contributed by atoms with E-state index in [1.54, 1.807) is 10.9 Å². The zero-order valence-corrected chi connectivity index (χ0v) is 13.3. The lowest BCUT2D eigenvalue weighted by Crippen LogP contribution is -2.40. The number of carbonyl (C=O) groups excluding carboxylic acids is 1. The first-order chi connectivity index (χ1) is 11.2. The van der Waals surface area contributed by atoms with E-state index in [1.165, 1.54) is 5.56 Å². The molecule has 1 amide bonds. The summed E-state index contributed by atoms with van der Waals surface area (Å²) in [5.74, 6) is 0.0205. The Morgan fingerprint density at radius 2 is 2.17 bits per heavy atom. The van der Waals surface area contributed by atoms with Crippen LogP contribution < -0.4 is 5.32 Å². The second-order valence-electron chi connectivity index (χ2n) is 6.06. The summed E-state index contributed by atoms with van der Waals surface area (Å²) in [5, 5.41) is 11.1. The Morgan fingerprint density at radius 3 is 3.00 bits per heavy atom. The van der Waals surface area contributed by atoms with Crippen molar-refractivity contribution < 1.29 is 9.53 Å². The van der Waals surface area contributed by atoms with Crippen molar-refractivity contribution in [2.24, 2.45) is 5.92 Å². The molecular weight excluding hydrogens is 292 g/mol. The summed E-state index contributed by atoms with van der Waals surface area (Å²) >= 11 is 0. The predicted molar refractivity (Wildman–Crippen MR) is 85.5 cm³/mol. The molecule has 0 bridgehead atoms. The molecule has 0 fully saturated rings. The van der Waals surface area contributed by atoms with E-state index >= 15 is 0 Å².